The Morgan fingerprint density at radius 3 is 2.38 bits per heavy atom. The van der Waals surface area contributed by atoms with Gasteiger partial charge in [-0.1, -0.05) is 30.7 Å². The molecule has 0 spiro atoms. The van der Waals surface area contributed by atoms with E-state index in [1.54, 1.807) is 31.2 Å². The van der Waals surface area contributed by atoms with Crippen molar-refractivity contribution in [3.63, 3.8) is 0 Å². The Labute approximate surface area is 145 Å². The van der Waals surface area contributed by atoms with E-state index in [9.17, 15) is 9.18 Å². The van der Waals surface area contributed by atoms with Crippen LogP contribution in [0.5, 0.6) is 0 Å². The molecule has 0 aromatic heterocycles. The second kappa shape index (κ2) is 8.45. The normalized spacial score (nSPS) is 12.6. The van der Waals surface area contributed by atoms with Crippen LogP contribution in [0.4, 0.5) is 10.1 Å². The number of hydrogen-bond donors (Lipinski definition) is 2. The summed E-state index contributed by atoms with van der Waals surface area (Å²) in [5.74, 6) is -0.553. The molecule has 0 aliphatic carbocycles. The van der Waals surface area contributed by atoms with Gasteiger partial charge >= 0.3 is 0 Å². The molecule has 0 saturated heterocycles. The molecule has 0 fully saturated rings. The zero-order valence-electron chi connectivity index (χ0n) is 13.5. The Bertz CT molecular complexity index is 714. The molecular weight excluding hydrogens is 329 g/mol. The molecular formula is C18H19ClFN3O. The van der Waals surface area contributed by atoms with Crippen LogP contribution in [0, 0.1) is 5.82 Å². The third kappa shape index (κ3) is 5.06. The zero-order chi connectivity index (χ0) is 17.5. The summed E-state index contributed by atoms with van der Waals surface area (Å²) in [6, 6.07) is 12.6. The molecule has 2 rings (SSSR count). The topological polar surface area (TPSA) is 53.5 Å². The first kappa shape index (κ1) is 17.9. The van der Waals surface area contributed by atoms with Gasteiger partial charge < -0.3 is 5.32 Å². The second-order valence-corrected chi connectivity index (χ2v) is 5.73. The lowest BCUT2D eigenvalue weighted by Crippen LogP contribution is -2.37. The molecule has 1 atom stereocenters. The van der Waals surface area contributed by atoms with E-state index in [1.807, 2.05) is 19.1 Å². The third-order valence-corrected chi connectivity index (χ3v) is 3.76. The molecule has 0 radical (unpaired) electrons. The average molecular weight is 348 g/mol. The molecule has 0 heterocycles. The maximum absolute atomic E-state index is 12.9. The minimum atomic E-state index is -0.420. The Morgan fingerprint density at radius 1 is 1.17 bits per heavy atom. The minimum absolute atomic E-state index is 0.242. The summed E-state index contributed by atoms with van der Waals surface area (Å²) < 4.78 is 12.9. The van der Waals surface area contributed by atoms with Crippen molar-refractivity contribution in [2.75, 3.05) is 5.32 Å². The molecule has 0 unspecified atom stereocenters. The summed E-state index contributed by atoms with van der Waals surface area (Å²) in [6.07, 6.45) is 0.597. The Kier molecular flexibility index (Phi) is 6.32. The number of anilines is 1. The molecule has 24 heavy (non-hydrogen) atoms. The van der Waals surface area contributed by atoms with Crippen molar-refractivity contribution >= 4 is 28.9 Å². The van der Waals surface area contributed by atoms with Crippen molar-refractivity contribution in [1.29, 1.82) is 0 Å². The van der Waals surface area contributed by atoms with Gasteiger partial charge in [0.05, 0.1) is 5.71 Å². The van der Waals surface area contributed by atoms with Crippen LogP contribution in [-0.2, 0) is 4.79 Å². The highest BCUT2D eigenvalue weighted by molar-refractivity contribution is 6.30. The van der Waals surface area contributed by atoms with Crippen molar-refractivity contribution in [3.05, 3.63) is 64.9 Å². The summed E-state index contributed by atoms with van der Waals surface area (Å²) in [4.78, 5) is 12.3. The quantitative estimate of drug-likeness (QED) is 0.607. The number of carbonyl (C=O) groups is 1. The van der Waals surface area contributed by atoms with Crippen LogP contribution in [0.15, 0.2) is 53.6 Å². The highest BCUT2D eigenvalue weighted by atomic mass is 35.5. The fraction of sp³-hybridized carbons (Fsp3) is 0.222. The second-order valence-electron chi connectivity index (χ2n) is 5.29. The van der Waals surface area contributed by atoms with Crippen molar-refractivity contribution in [1.82, 2.24) is 5.43 Å². The molecule has 2 N–H and O–H groups in total. The molecule has 1 amide bonds. The van der Waals surface area contributed by atoms with Gasteiger partial charge in [0, 0.05) is 10.7 Å². The summed E-state index contributed by atoms with van der Waals surface area (Å²) >= 11 is 5.85. The van der Waals surface area contributed by atoms with Gasteiger partial charge in [0.1, 0.15) is 11.9 Å². The average Bonchev–Trinajstić information content (AvgIpc) is 2.59. The van der Waals surface area contributed by atoms with E-state index in [4.69, 9.17) is 11.6 Å². The van der Waals surface area contributed by atoms with Gasteiger partial charge in [0.15, 0.2) is 0 Å². The van der Waals surface area contributed by atoms with E-state index < -0.39 is 6.04 Å². The van der Waals surface area contributed by atoms with Gasteiger partial charge in [0.25, 0.3) is 5.91 Å². The van der Waals surface area contributed by atoms with E-state index in [0.717, 1.165) is 11.3 Å². The van der Waals surface area contributed by atoms with Crippen LogP contribution in [-0.4, -0.2) is 17.7 Å². The predicted molar refractivity (Wildman–Crippen MR) is 95.9 cm³/mol. The molecule has 0 aliphatic rings. The molecule has 2 aromatic rings. The summed E-state index contributed by atoms with van der Waals surface area (Å²) in [7, 11) is 0. The number of nitrogens with one attached hydrogen (secondary N) is 2. The standard InChI is InChI=1S/C18H19ClFN3O/c1-3-17(21-16-10-6-14(19)7-11-16)18(24)23-22-12(2)13-4-8-15(20)9-5-13/h4-11,17,21H,3H2,1-2H3,(H,23,24)/t17-/m1/s1. The number of halogens is 2. The highest BCUT2D eigenvalue weighted by Crippen LogP contribution is 2.15. The Balaban J connectivity index is 1.99. The first-order chi connectivity index (χ1) is 11.5. The molecule has 0 saturated carbocycles. The molecule has 0 bridgehead atoms. The number of hydrogen-bond acceptors (Lipinski definition) is 3. The maximum atomic E-state index is 12.9. The number of benzene rings is 2. The van der Waals surface area contributed by atoms with Crippen LogP contribution in [0.1, 0.15) is 25.8 Å². The molecule has 4 nitrogen and oxygen atoms in total. The van der Waals surface area contributed by atoms with Gasteiger partial charge in [-0.2, -0.15) is 5.10 Å². The van der Waals surface area contributed by atoms with E-state index in [2.05, 4.69) is 15.8 Å². The van der Waals surface area contributed by atoms with Gasteiger partial charge in [-0.05, 0) is 55.3 Å². The molecule has 126 valence electrons. The number of nitrogens with zero attached hydrogens (tertiary/aromatic N) is 1. The first-order valence-electron chi connectivity index (χ1n) is 7.61. The van der Waals surface area contributed by atoms with Gasteiger partial charge in [0.2, 0.25) is 0 Å². The van der Waals surface area contributed by atoms with E-state index in [-0.39, 0.29) is 11.7 Å². The maximum Gasteiger partial charge on any atom is 0.262 e. The van der Waals surface area contributed by atoms with Crippen molar-refractivity contribution in [3.8, 4) is 0 Å². The smallest absolute Gasteiger partial charge is 0.262 e. The highest BCUT2D eigenvalue weighted by Gasteiger charge is 2.15. The van der Waals surface area contributed by atoms with Crippen LogP contribution in [0.2, 0.25) is 5.02 Å². The van der Waals surface area contributed by atoms with E-state index in [0.29, 0.717) is 17.2 Å². The number of rotatable bonds is 6. The van der Waals surface area contributed by atoms with Crippen LogP contribution < -0.4 is 10.7 Å². The monoisotopic (exact) mass is 347 g/mol. The fourth-order valence-electron chi connectivity index (χ4n) is 2.07. The number of carbonyl (C=O) groups excluding carboxylic acids is 1. The first-order valence-corrected chi connectivity index (χ1v) is 7.99. The predicted octanol–water partition coefficient (Wildman–Crippen LogP) is 4.21. The SMILES string of the molecule is CC[C@@H](Nc1ccc(Cl)cc1)C(=O)NN=C(C)c1ccc(F)cc1. The van der Waals surface area contributed by atoms with Crippen molar-refractivity contribution < 1.29 is 9.18 Å². The van der Waals surface area contributed by atoms with Gasteiger partial charge in [-0.15, -0.1) is 0 Å². The Morgan fingerprint density at radius 2 is 1.79 bits per heavy atom. The van der Waals surface area contributed by atoms with Crippen LogP contribution in [0.3, 0.4) is 0 Å². The van der Waals surface area contributed by atoms with Gasteiger partial charge in [-0.25, -0.2) is 9.82 Å². The lowest BCUT2D eigenvalue weighted by molar-refractivity contribution is -0.121. The lowest BCUT2D eigenvalue weighted by Gasteiger charge is -2.16. The fourth-order valence-corrected chi connectivity index (χ4v) is 2.20. The van der Waals surface area contributed by atoms with E-state index >= 15 is 0 Å². The van der Waals surface area contributed by atoms with Crippen molar-refractivity contribution in [2.45, 2.75) is 26.3 Å². The molecule has 0 aliphatic heterocycles. The zero-order valence-corrected chi connectivity index (χ0v) is 14.3. The summed E-state index contributed by atoms with van der Waals surface area (Å²) in [5.41, 5.74) is 4.70. The summed E-state index contributed by atoms with van der Waals surface area (Å²) in [5, 5.41) is 7.86. The van der Waals surface area contributed by atoms with Gasteiger partial charge in [-0.3, -0.25) is 4.79 Å². The van der Waals surface area contributed by atoms with E-state index in [1.165, 1.54) is 12.1 Å². The molecule has 2 aromatic carbocycles. The van der Waals surface area contributed by atoms with Crippen LogP contribution >= 0.6 is 11.6 Å². The number of amides is 1. The largest absolute Gasteiger partial charge is 0.374 e. The van der Waals surface area contributed by atoms with Crippen molar-refractivity contribution in [2.24, 2.45) is 5.10 Å². The lowest BCUT2D eigenvalue weighted by atomic mass is 10.1. The third-order valence-electron chi connectivity index (χ3n) is 3.51. The minimum Gasteiger partial charge on any atom is -0.374 e. The molecule has 6 heteroatoms. The number of hydrazone groups is 1. The summed E-state index contributed by atoms with van der Waals surface area (Å²) in [6.45, 7) is 3.66. The van der Waals surface area contributed by atoms with Crippen LogP contribution in [0.25, 0.3) is 0 Å². The Hall–Kier alpha value is -2.40.